The van der Waals surface area contributed by atoms with Crippen LogP contribution in [0.4, 0.5) is 16.3 Å². The summed E-state index contributed by atoms with van der Waals surface area (Å²) in [5, 5.41) is 19.9. The lowest BCUT2D eigenvalue weighted by Crippen LogP contribution is -2.48. The summed E-state index contributed by atoms with van der Waals surface area (Å²) in [6.45, 7) is 0.425. The number of nitrogens with one attached hydrogen (secondary N) is 2. The Hall–Kier alpha value is -4.84. The Labute approximate surface area is 234 Å². The molecule has 204 valence electrons. The number of ether oxygens (including phenoxy) is 1. The first-order chi connectivity index (χ1) is 19.5. The van der Waals surface area contributed by atoms with E-state index in [-0.39, 0.29) is 18.1 Å². The van der Waals surface area contributed by atoms with E-state index in [0.717, 1.165) is 59.6 Å². The molecule has 0 atom stereocenters. The summed E-state index contributed by atoms with van der Waals surface area (Å²) < 4.78 is 7.03. The van der Waals surface area contributed by atoms with Crippen LogP contribution in [0.2, 0.25) is 0 Å². The van der Waals surface area contributed by atoms with E-state index in [2.05, 4.69) is 26.8 Å². The van der Waals surface area contributed by atoms with Crippen molar-refractivity contribution in [2.75, 3.05) is 17.3 Å². The molecule has 2 N–H and O–H groups in total. The van der Waals surface area contributed by atoms with Crippen LogP contribution in [0.5, 0.6) is 5.75 Å². The molecule has 2 aromatic carbocycles. The van der Waals surface area contributed by atoms with Gasteiger partial charge >= 0.3 is 6.03 Å². The lowest BCUT2D eigenvalue weighted by atomic mass is 9.89. The van der Waals surface area contributed by atoms with E-state index >= 15 is 0 Å². The minimum Gasteiger partial charge on any atom is -0.497 e. The number of pyridine rings is 1. The Bertz CT molecular complexity index is 1450. The van der Waals surface area contributed by atoms with Crippen molar-refractivity contribution in [3.05, 3.63) is 90.4 Å². The molecule has 0 spiro atoms. The van der Waals surface area contributed by atoms with E-state index in [0.29, 0.717) is 12.1 Å². The zero-order valence-corrected chi connectivity index (χ0v) is 22.7. The van der Waals surface area contributed by atoms with Gasteiger partial charge < -0.3 is 15.4 Å². The van der Waals surface area contributed by atoms with Crippen LogP contribution in [0.1, 0.15) is 36.8 Å². The molecule has 9 heteroatoms. The molecule has 5 rings (SSSR count). The second kappa shape index (κ2) is 12.3. The van der Waals surface area contributed by atoms with Gasteiger partial charge in [0.2, 0.25) is 0 Å². The Morgan fingerprint density at radius 2 is 1.77 bits per heavy atom. The quantitative estimate of drug-likeness (QED) is 0.308. The fourth-order valence-electron chi connectivity index (χ4n) is 5.12. The van der Waals surface area contributed by atoms with Crippen LogP contribution in [0.25, 0.3) is 11.1 Å². The molecule has 40 heavy (non-hydrogen) atoms. The van der Waals surface area contributed by atoms with E-state index in [1.165, 1.54) is 0 Å². The molecule has 0 unspecified atom stereocenters. The average molecular weight is 536 g/mol. The lowest BCUT2D eigenvalue weighted by Gasteiger charge is -2.37. The minimum absolute atomic E-state index is 0.0621. The Kier molecular flexibility index (Phi) is 8.26. The standard InChI is InChI=1S/C31H33N7O2/c1-37-21-25(20-35-37)24-6-10-27(11-7-24)38(31(39)34-18-22-3-14-29(40-2)15-4-22)28-12-8-26(9-13-28)36-30-16-5-23(17-32)19-33-30/h3-7,10-11,14-16,19-21,26,28H,8-9,12-13,18H2,1-2H3,(H,33,36)(H,34,39). The van der Waals surface area contributed by atoms with Gasteiger partial charge in [-0.05, 0) is 73.2 Å². The van der Waals surface area contributed by atoms with Gasteiger partial charge in [-0.2, -0.15) is 10.4 Å². The minimum atomic E-state index is -0.116. The van der Waals surface area contributed by atoms with Crippen molar-refractivity contribution < 1.29 is 9.53 Å². The van der Waals surface area contributed by atoms with Gasteiger partial charge in [0.15, 0.2) is 0 Å². The van der Waals surface area contributed by atoms with Crippen molar-refractivity contribution in [1.29, 1.82) is 5.26 Å². The second-order valence-electron chi connectivity index (χ2n) is 10.0. The number of aryl methyl sites for hydroxylation is 1. The summed E-state index contributed by atoms with van der Waals surface area (Å²) in [6.07, 6.45) is 8.92. The summed E-state index contributed by atoms with van der Waals surface area (Å²) in [5.74, 6) is 1.55. The maximum absolute atomic E-state index is 13.7. The summed E-state index contributed by atoms with van der Waals surface area (Å²) in [7, 11) is 3.54. The van der Waals surface area contributed by atoms with Crippen molar-refractivity contribution in [2.45, 2.75) is 44.3 Å². The summed E-state index contributed by atoms with van der Waals surface area (Å²) in [4.78, 5) is 19.9. The van der Waals surface area contributed by atoms with Crippen molar-refractivity contribution in [2.24, 2.45) is 7.05 Å². The zero-order chi connectivity index (χ0) is 27.9. The van der Waals surface area contributed by atoms with Crippen LogP contribution in [0, 0.1) is 11.3 Å². The number of nitriles is 1. The third-order valence-corrected chi connectivity index (χ3v) is 7.31. The second-order valence-corrected chi connectivity index (χ2v) is 10.0. The number of aromatic nitrogens is 3. The number of nitrogens with zero attached hydrogens (tertiary/aromatic N) is 5. The van der Waals surface area contributed by atoms with Gasteiger partial charge in [0.05, 0.1) is 18.9 Å². The number of anilines is 2. The van der Waals surface area contributed by atoms with Crippen LogP contribution < -0.4 is 20.3 Å². The van der Waals surface area contributed by atoms with Gasteiger partial charge in [-0.1, -0.05) is 24.3 Å². The van der Waals surface area contributed by atoms with Gasteiger partial charge in [-0.3, -0.25) is 9.58 Å². The first-order valence-electron chi connectivity index (χ1n) is 13.4. The molecular formula is C31H33N7O2. The molecule has 1 aliphatic carbocycles. The number of carbonyl (C=O) groups excluding carboxylic acids is 1. The van der Waals surface area contributed by atoms with E-state index in [1.54, 1.807) is 24.1 Å². The molecule has 1 aliphatic rings. The maximum Gasteiger partial charge on any atom is 0.322 e. The lowest BCUT2D eigenvalue weighted by molar-refractivity contribution is 0.240. The third kappa shape index (κ3) is 6.41. The predicted octanol–water partition coefficient (Wildman–Crippen LogP) is 5.50. The van der Waals surface area contributed by atoms with Gasteiger partial charge in [-0.15, -0.1) is 0 Å². The molecular weight excluding hydrogens is 502 g/mol. The molecule has 1 fully saturated rings. The van der Waals surface area contributed by atoms with E-state index in [4.69, 9.17) is 10.00 Å². The molecule has 0 radical (unpaired) electrons. The molecule has 2 amide bonds. The van der Waals surface area contributed by atoms with Gasteiger partial charge in [0.1, 0.15) is 17.6 Å². The van der Waals surface area contributed by atoms with Crippen molar-refractivity contribution in [3.63, 3.8) is 0 Å². The van der Waals surface area contributed by atoms with Crippen LogP contribution in [0.15, 0.2) is 79.3 Å². The molecule has 2 heterocycles. The predicted molar refractivity (Wildman–Crippen MR) is 155 cm³/mol. The number of amides is 2. The number of hydrogen-bond acceptors (Lipinski definition) is 6. The van der Waals surface area contributed by atoms with Crippen LogP contribution in [-0.4, -0.2) is 40.0 Å². The van der Waals surface area contributed by atoms with Crippen molar-refractivity contribution in [3.8, 4) is 22.9 Å². The average Bonchev–Trinajstić information content (AvgIpc) is 3.44. The molecule has 0 aliphatic heterocycles. The highest BCUT2D eigenvalue weighted by atomic mass is 16.5. The molecule has 9 nitrogen and oxygen atoms in total. The SMILES string of the molecule is COc1ccc(CNC(=O)N(c2ccc(-c3cnn(C)c3)cc2)C2CCC(Nc3ccc(C#N)cn3)CC2)cc1. The van der Waals surface area contributed by atoms with E-state index < -0.39 is 0 Å². The Morgan fingerprint density at radius 1 is 1.02 bits per heavy atom. The summed E-state index contributed by atoms with van der Waals surface area (Å²) in [5.41, 5.74) is 4.50. The highest BCUT2D eigenvalue weighted by Gasteiger charge is 2.30. The molecule has 0 saturated heterocycles. The van der Waals surface area contributed by atoms with Crippen molar-refractivity contribution >= 4 is 17.5 Å². The largest absolute Gasteiger partial charge is 0.497 e. The number of urea groups is 1. The highest BCUT2D eigenvalue weighted by Crippen LogP contribution is 2.31. The number of hydrogen-bond donors (Lipinski definition) is 2. The fourth-order valence-corrected chi connectivity index (χ4v) is 5.12. The fraction of sp³-hybridized carbons (Fsp3) is 0.290. The number of methoxy groups -OCH3 is 1. The van der Waals surface area contributed by atoms with Gasteiger partial charge in [0, 0.05) is 49.3 Å². The van der Waals surface area contributed by atoms with Gasteiger partial charge in [-0.25, -0.2) is 9.78 Å². The third-order valence-electron chi connectivity index (χ3n) is 7.31. The Balaban J connectivity index is 1.29. The summed E-state index contributed by atoms with van der Waals surface area (Å²) in [6, 6.07) is 21.7. The normalized spacial score (nSPS) is 16.5. The van der Waals surface area contributed by atoms with Gasteiger partial charge in [0.25, 0.3) is 0 Å². The van der Waals surface area contributed by atoms with E-state index in [9.17, 15) is 4.79 Å². The maximum atomic E-state index is 13.7. The number of benzene rings is 2. The molecule has 0 bridgehead atoms. The van der Waals surface area contributed by atoms with Crippen LogP contribution in [-0.2, 0) is 13.6 Å². The first-order valence-corrected chi connectivity index (χ1v) is 13.4. The number of rotatable bonds is 8. The monoisotopic (exact) mass is 535 g/mol. The van der Waals surface area contributed by atoms with E-state index in [1.807, 2.05) is 78.9 Å². The first kappa shape index (κ1) is 26.8. The molecule has 2 aromatic heterocycles. The zero-order valence-electron chi connectivity index (χ0n) is 22.7. The smallest absolute Gasteiger partial charge is 0.322 e. The Morgan fingerprint density at radius 3 is 2.38 bits per heavy atom. The van der Waals surface area contributed by atoms with Crippen molar-refractivity contribution in [1.82, 2.24) is 20.1 Å². The summed E-state index contributed by atoms with van der Waals surface area (Å²) >= 11 is 0. The molecule has 1 saturated carbocycles. The highest BCUT2D eigenvalue weighted by molar-refractivity contribution is 5.93. The number of carbonyl (C=O) groups is 1. The molecule has 4 aromatic rings. The van der Waals surface area contributed by atoms with Crippen LogP contribution >= 0.6 is 0 Å². The topological polar surface area (TPSA) is 108 Å². The van der Waals surface area contributed by atoms with Crippen LogP contribution in [0.3, 0.4) is 0 Å².